The van der Waals surface area contributed by atoms with Crippen LogP contribution >= 0.6 is 11.6 Å². The van der Waals surface area contributed by atoms with Crippen LogP contribution in [0, 0.1) is 0 Å². The zero-order chi connectivity index (χ0) is 22.6. The molecule has 1 atom stereocenters. The van der Waals surface area contributed by atoms with Crippen LogP contribution in [0.5, 0.6) is 0 Å². The first kappa shape index (κ1) is 22.8. The Bertz CT molecular complexity index is 1050. The van der Waals surface area contributed by atoms with Crippen LogP contribution in [0.1, 0.15) is 53.0 Å². The molecule has 2 aromatic carbocycles. The van der Waals surface area contributed by atoms with E-state index in [1.807, 2.05) is 6.92 Å². The van der Waals surface area contributed by atoms with Crippen molar-refractivity contribution in [3.63, 3.8) is 0 Å². The average molecular weight is 452 g/mol. The molecule has 0 aliphatic heterocycles. The highest BCUT2D eigenvalue weighted by molar-refractivity contribution is 6.30. The summed E-state index contributed by atoms with van der Waals surface area (Å²) in [6.07, 6.45) is -2.05. The second-order valence-electron chi connectivity index (χ2n) is 6.99. The SMILES string of the molecule is CCCC(NC(=O)c1cnn(-c2ccc(Cl)cc2)c1CO)c1cccc(C(F)(F)F)c1. The number of halogens is 4. The molecule has 0 saturated heterocycles. The van der Waals surface area contributed by atoms with E-state index in [9.17, 15) is 23.1 Å². The highest BCUT2D eigenvalue weighted by Gasteiger charge is 2.31. The molecule has 3 rings (SSSR count). The number of nitrogens with one attached hydrogen (secondary N) is 1. The van der Waals surface area contributed by atoms with Crippen molar-refractivity contribution in [1.82, 2.24) is 15.1 Å². The number of nitrogens with zero attached hydrogens (tertiary/aromatic N) is 2. The van der Waals surface area contributed by atoms with Crippen molar-refractivity contribution in [2.45, 2.75) is 38.6 Å². The highest BCUT2D eigenvalue weighted by Crippen LogP contribution is 2.31. The fraction of sp³-hybridized carbons (Fsp3) is 0.273. The molecular weight excluding hydrogens is 431 g/mol. The molecule has 0 spiro atoms. The molecule has 3 aromatic rings. The van der Waals surface area contributed by atoms with Gasteiger partial charge >= 0.3 is 6.18 Å². The van der Waals surface area contributed by atoms with E-state index in [1.54, 1.807) is 30.3 Å². The van der Waals surface area contributed by atoms with Crippen LogP contribution in [0.4, 0.5) is 13.2 Å². The van der Waals surface area contributed by atoms with Gasteiger partial charge in [0.25, 0.3) is 5.91 Å². The zero-order valence-electron chi connectivity index (χ0n) is 16.7. The number of aromatic nitrogens is 2. The van der Waals surface area contributed by atoms with E-state index in [-0.39, 0.29) is 11.3 Å². The van der Waals surface area contributed by atoms with Crippen molar-refractivity contribution >= 4 is 17.5 Å². The summed E-state index contributed by atoms with van der Waals surface area (Å²) in [5, 5.41) is 17.3. The van der Waals surface area contributed by atoms with Crippen LogP contribution in [-0.2, 0) is 12.8 Å². The van der Waals surface area contributed by atoms with Gasteiger partial charge in [0.05, 0.1) is 41.4 Å². The van der Waals surface area contributed by atoms with Crippen molar-refractivity contribution in [2.24, 2.45) is 0 Å². The number of alkyl halides is 3. The topological polar surface area (TPSA) is 67.2 Å². The maximum Gasteiger partial charge on any atom is 0.416 e. The Morgan fingerprint density at radius 1 is 1.23 bits per heavy atom. The van der Waals surface area contributed by atoms with E-state index in [1.165, 1.54) is 16.9 Å². The number of aliphatic hydroxyl groups excluding tert-OH is 1. The van der Waals surface area contributed by atoms with E-state index in [0.717, 1.165) is 12.1 Å². The summed E-state index contributed by atoms with van der Waals surface area (Å²) in [5.41, 5.74) is 0.604. The minimum Gasteiger partial charge on any atom is -0.390 e. The molecule has 0 fully saturated rings. The Balaban J connectivity index is 1.89. The van der Waals surface area contributed by atoms with Gasteiger partial charge < -0.3 is 10.4 Å². The standard InChI is InChI=1S/C22H21ClF3N3O2/c1-2-4-19(14-5-3-6-15(11-14)22(24,25)26)28-21(31)18-12-27-29(20(18)13-30)17-9-7-16(23)8-10-17/h3,5-12,19,30H,2,4,13H2,1H3,(H,28,31). The molecule has 0 radical (unpaired) electrons. The lowest BCUT2D eigenvalue weighted by Crippen LogP contribution is -2.29. The number of aliphatic hydroxyl groups is 1. The van der Waals surface area contributed by atoms with Gasteiger partial charge in [-0.1, -0.05) is 37.1 Å². The van der Waals surface area contributed by atoms with Crippen molar-refractivity contribution in [3.8, 4) is 5.69 Å². The van der Waals surface area contributed by atoms with E-state index < -0.39 is 30.3 Å². The second kappa shape index (κ2) is 9.53. The van der Waals surface area contributed by atoms with Gasteiger partial charge in [0, 0.05) is 5.02 Å². The third kappa shape index (κ3) is 5.26. The van der Waals surface area contributed by atoms with Crippen LogP contribution in [0.15, 0.2) is 54.7 Å². The third-order valence-electron chi connectivity index (χ3n) is 4.83. The number of carbonyl (C=O) groups excluding carboxylic acids is 1. The molecule has 2 N–H and O–H groups in total. The van der Waals surface area contributed by atoms with Gasteiger partial charge in [0.2, 0.25) is 0 Å². The van der Waals surface area contributed by atoms with Crippen molar-refractivity contribution in [3.05, 3.63) is 82.1 Å². The lowest BCUT2D eigenvalue weighted by Gasteiger charge is -2.20. The normalized spacial score (nSPS) is 12.6. The van der Waals surface area contributed by atoms with Crippen LogP contribution in [0.3, 0.4) is 0 Å². The molecule has 0 aliphatic carbocycles. The molecule has 1 heterocycles. The van der Waals surface area contributed by atoms with Crippen molar-refractivity contribution in [1.29, 1.82) is 0 Å². The molecule has 9 heteroatoms. The first-order chi connectivity index (χ1) is 14.7. The van der Waals surface area contributed by atoms with Gasteiger partial charge in [-0.25, -0.2) is 4.68 Å². The summed E-state index contributed by atoms with van der Waals surface area (Å²) >= 11 is 5.90. The predicted molar refractivity (Wildman–Crippen MR) is 111 cm³/mol. The molecule has 31 heavy (non-hydrogen) atoms. The number of hydrogen-bond acceptors (Lipinski definition) is 3. The lowest BCUT2D eigenvalue weighted by atomic mass is 9.99. The van der Waals surface area contributed by atoms with Crippen molar-refractivity contribution in [2.75, 3.05) is 0 Å². The first-order valence-corrected chi connectivity index (χ1v) is 10.0. The summed E-state index contributed by atoms with van der Waals surface area (Å²) in [5.74, 6) is -0.528. The molecule has 0 bridgehead atoms. The van der Waals surface area contributed by atoms with E-state index >= 15 is 0 Å². The molecule has 0 saturated carbocycles. The summed E-state index contributed by atoms with van der Waals surface area (Å²) < 4.78 is 40.7. The minimum atomic E-state index is -4.47. The van der Waals surface area contributed by atoms with Crippen LogP contribution in [0.2, 0.25) is 5.02 Å². The largest absolute Gasteiger partial charge is 0.416 e. The number of carbonyl (C=O) groups is 1. The van der Waals surface area contributed by atoms with Gasteiger partial charge in [-0.05, 0) is 48.4 Å². The zero-order valence-corrected chi connectivity index (χ0v) is 17.4. The molecule has 1 aromatic heterocycles. The Labute approximate surface area is 182 Å². The molecule has 1 amide bonds. The van der Waals surface area contributed by atoms with Gasteiger partial charge in [-0.15, -0.1) is 0 Å². The van der Waals surface area contributed by atoms with E-state index in [2.05, 4.69) is 10.4 Å². The summed E-state index contributed by atoms with van der Waals surface area (Å²) in [4.78, 5) is 12.9. The summed E-state index contributed by atoms with van der Waals surface area (Å²) in [6, 6.07) is 11.0. The predicted octanol–water partition coefficient (Wildman–Crippen LogP) is 5.31. The molecule has 0 aliphatic rings. The number of hydrogen-bond donors (Lipinski definition) is 2. The molecule has 164 valence electrons. The van der Waals surface area contributed by atoms with Crippen molar-refractivity contribution < 1.29 is 23.1 Å². The fourth-order valence-electron chi connectivity index (χ4n) is 3.30. The van der Waals surface area contributed by atoms with Crippen LogP contribution < -0.4 is 5.32 Å². The van der Waals surface area contributed by atoms with Gasteiger partial charge in [-0.2, -0.15) is 18.3 Å². The Kier molecular flexibility index (Phi) is 7.02. The smallest absolute Gasteiger partial charge is 0.390 e. The van der Waals surface area contributed by atoms with Crippen LogP contribution in [0.25, 0.3) is 5.69 Å². The van der Waals surface area contributed by atoms with E-state index in [4.69, 9.17) is 11.6 Å². The average Bonchev–Trinajstić information content (AvgIpc) is 3.17. The van der Waals surface area contributed by atoms with Gasteiger partial charge in [0.15, 0.2) is 0 Å². The maximum atomic E-state index is 13.1. The van der Waals surface area contributed by atoms with Crippen LogP contribution in [-0.4, -0.2) is 20.8 Å². The lowest BCUT2D eigenvalue weighted by molar-refractivity contribution is -0.137. The highest BCUT2D eigenvalue weighted by atomic mass is 35.5. The Morgan fingerprint density at radius 2 is 1.94 bits per heavy atom. The minimum absolute atomic E-state index is 0.144. The summed E-state index contributed by atoms with van der Waals surface area (Å²) in [6.45, 7) is 1.43. The quantitative estimate of drug-likeness (QED) is 0.511. The third-order valence-corrected chi connectivity index (χ3v) is 5.09. The maximum absolute atomic E-state index is 13.1. The molecular formula is C22H21ClF3N3O2. The van der Waals surface area contributed by atoms with Gasteiger partial charge in [-0.3, -0.25) is 4.79 Å². The number of benzene rings is 2. The first-order valence-electron chi connectivity index (χ1n) is 9.66. The monoisotopic (exact) mass is 451 g/mol. The van der Waals surface area contributed by atoms with Gasteiger partial charge in [0.1, 0.15) is 0 Å². The number of amides is 1. The van der Waals surface area contributed by atoms with E-state index in [0.29, 0.717) is 29.1 Å². The number of rotatable bonds is 7. The Hall–Kier alpha value is -2.84. The second-order valence-corrected chi connectivity index (χ2v) is 7.43. The molecule has 1 unspecified atom stereocenters. The molecule has 5 nitrogen and oxygen atoms in total. The fourth-order valence-corrected chi connectivity index (χ4v) is 3.42. The Morgan fingerprint density at radius 3 is 2.55 bits per heavy atom. The summed E-state index contributed by atoms with van der Waals surface area (Å²) in [7, 11) is 0.